The number of thioether (sulfide) groups is 1. The molecule has 0 N–H and O–H groups in total. The van der Waals surface area contributed by atoms with Gasteiger partial charge in [0.2, 0.25) is 0 Å². The van der Waals surface area contributed by atoms with E-state index in [0.29, 0.717) is 0 Å². The molecule has 2 nitrogen and oxygen atoms in total. The number of hydrogen-bond donors (Lipinski definition) is 0. The first kappa shape index (κ1) is 17.7. The summed E-state index contributed by atoms with van der Waals surface area (Å²) in [7, 11) is -0.260. The monoisotopic (exact) mass is 356 g/mol. The molecule has 0 aliphatic carbocycles. The van der Waals surface area contributed by atoms with E-state index in [2.05, 4.69) is 69.8 Å². The van der Waals surface area contributed by atoms with Crippen molar-refractivity contribution in [2.45, 2.75) is 81.5 Å². The number of rotatable bonds is 3. The topological polar surface area (TPSA) is 18.5 Å². The molecular formula is C21H29BO2S. The molecule has 1 aromatic rings. The minimum Gasteiger partial charge on any atom is -0.399 e. The standard InChI is InChI=1S/C21H29BO2S/c1-20(2)21(3,4)24-22(23-20)17-10-8-15(9-11-17)12-16-13-18-6-5-7-19(14-16)25-18/h8-11,13,18-19H,5-7,12,14H2,1-4H3. The van der Waals surface area contributed by atoms with Gasteiger partial charge in [0.15, 0.2) is 0 Å². The largest absolute Gasteiger partial charge is 0.494 e. The van der Waals surface area contributed by atoms with Crippen molar-refractivity contribution in [3.8, 4) is 0 Å². The average Bonchev–Trinajstić information content (AvgIpc) is 2.76. The quantitative estimate of drug-likeness (QED) is 0.586. The SMILES string of the molecule is CC1(C)OB(c2ccc(CC3=CC4CCCC(C3)S4)cc2)OC1(C)C. The number of fused-ring (bicyclic) bond motifs is 2. The van der Waals surface area contributed by atoms with Crippen LogP contribution in [0.2, 0.25) is 0 Å². The second kappa shape index (κ2) is 6.47. The van der Waals surface area contributed by atoms with Crippen LogP contribution in [0, 0.1) is 0 Å². The third-order valence-electron chi connectivity index (χ3n) is 6.23. The molecule has 134 valence electrons. The van der Waals surface area contributed by atoms with Crippen LogP contribution in [-0.4, -0.2) is 28.8 Å². The first-order valence-electron chi connectivity index (χ1n) is 9.62. The molecule has 2 fully saturated rings. The fourth-order valence-electron chi connectivity index (χ4n) is 3.99. The summed E-state index contributed by atoms with van der Waals surface area (Å²) in [6.07, 6.45) is 9.10. The van der Waals surface area contributed by atoms with Gasteiger partial charge in [-0.15, -0.1) is 0 Å². The van der Waals surface area contributed by atoms with Gasteiger partial charge in [0.25, 0.3) is 0 Å². The Morgan fingerprint density at radius 3 is 2.36 bits per heavy atom. The lowest BCUT2D eigenvalue weighted by Gasteiger charge is -2.33. The Morgan fingerprint density at radius 1 is 1.04 bits per heavy atom. The van der Waals surface area contributed by atoms with Gasteiger partial charge in [-0.1, -0.05) is 42.3 Å². The average molecular weight is 356 g/mol. The fourth-order valence-corrected chi connectivity index (χ4v) is 5.67. The molecule has 0 spiro atoms. The van der Waals surface area contributed by atoms with E-state index in [-0.39, 0.29) is 18.3 Å². The van der Waals surface area contributed by atoms with Crippen molar-refractivity contribution in [3.05, 3.63) is 41.5 Å². The van der Waals surface area contributed by atoms with E-state index in [9.17, 15) is 0 Å². The zero-order valence-corrected chi connectivity index (χ0v) is 16.7. The van der Waals surface area contributed by atoms with Crippen molar-refractivity contribution in [1.29, 1.82) is 0 Å². The van der Waals surface area contributed by atoms with Gasteiger partial charge in [-0.3, -0.25) is 0 Å². The zero-order valence-electron chi connectivity index (χ0n) is 15.9. The van der Waals surface area contributed by atoms with E-state index < -0.39 is 0 Å². The lowest BCUT2D eigenvalue weighted by atomic mass is 9.78. The van der Waals surface area contributed by atoms with E-state index >= 15 is 0 Å². The van der Waals surface area contributed by atoms with Crippen molar-refractivity contribution in [2.24, 2.45) is 0 Å². The van der Waals surface area contributed by atoms with Crippen LogP contribution in [0.25, 0.3) is 0 Å². The number of allylic oxidation sites excluding steroid dienone is 1. The highest BCUT2D eigenvalue weighted by molar-refractivity contribution is 8.00. The van der Waals surface area contributed by atoms with Crippen LogP contribution in [0.4, 0.5) is 0 Å². The van der Waals surface area contributed by atoms with Crippen LogP contribution in [0.3, 0.4) is 0 Å². The molecule has 3 aliphatic rings. The van der Waals surface area contributed by atoms with Gasteiger partial charge in [-0.05, 0) is 64.4 Å². The third-order valence-corrected chi connectivity index (χ3v) is 7.74. The Bertz CT molecular complexity index is 649. The molecule has 2 bridgehead atoms. The molecule has 1 aromatic carbocycles. The summed E-state index contributed by atoms with van der Waals surface area (Å²) in [6.45, 7) is 8.41. The molecule has 0 saturated carbocycles. The van der Waals surface area contributed by atoms with Crippen molar-refractivity contribution >= 4 is 24.3 Å². The summed E-state index contributed by atoms with van der Waals surface area (Å²) < 4.78 is 12.3. The van der Waals surface area contributed by atoms with Gasteiger partial charge in [-0.25, -0.2) is 0 Å². The highest BCUT2D eigenvalue weighted by atomic mass is 32.2. The number of hydrogen-bond acceptors (Lipinski definition) is 3. The molecule has 0 amide bonds. The van der Waals surface area contributed by atoms with Gasteiger partial charge < -0.3 is 9.31 Å². The minimum atomic E-state index is -0.279. The lowest BCUT2D eigenvalue weighted by Crippen LogP contribution is -2.41. The molecule has 4 rings (SSSR count). The second-order valence-electron chi connectivity index (χ2n) is 8.76. The Hall–Kier alpha value is -0.705. The zero-order chi connectivity index (χ0) is 17.7. The van der Waals surface area contributed by atoms with Gasteiger partial charge >= 0.3 is 7.12 Å². The van der Waals surface area contributed by atoms with E-state index in [0.717, 1.165) is 22.4 Å². The minimum absolute atomic E-state index is 0.260. The predicted octanol–water partition coefficient (Wildman–Crippen LogP) is 4.51. The predicted molar refractivity (Wildman–Crippen MR) is 108 cm³/mol. The molecule has 2 atom stereocenters. The van der Waals surface area contributed by atoms with E-state index in [1.807, 2.05) is 0 Å². The molecule has 4 heteroatoms. The molecule has 25 heavy (non-hydrogen) atoms. The van der Waals surface area contributed by atoms with E-state index in [4.69, 9.17) is 9.31 Å². The van der Waals surface area contributed by atoms with Crippen molar-refractivity contribution in [1.82, 2.24) is 0 Å². The van der Waals surface area contributed by atoms with Crippen LogP contribution in [0.1, 0.15) is 58.9 Å². The fraction of sp³-hybridized carbons (Fsp3) is 0.619. The first-order valence-corrected chi connectivity index (χ1v) is 10.6. The maximum Gasteiger partial charge on any atom is 0.494 e. The summed E-state index contributed by atoms with van der Waals surface area (Å²) in [5.74, 6) is 0. The molecule has 2 saturated heterocycles. The summed E-state index contributed by atoms with van der Waals surface area (Å²) >= 11 is 2.20. The Labute approximate surface area is 156 Å². The Morgan fingerprint density at radius 2 is 1.72 bits per heavy atom. The molecule has 3 aliphatic heterocycles. The smallest absolute Gasteiger partial charge is 0.399 e. The molecule has 0 radical (unpaired) electrons. The van der Waals surface area contributed by atoms with Gasteiger partial charge in [-0.2, -0.15) is 11.8 Å². The van der Waals surface area contributed by atoms with Crippen molar-refractivity contribution in [3.63, 3.8) is 0 Å². The maximum absolute atomic E-state index is 6.15. The summed E-state index contributed by atoms with van der Waals surface area (Å²) in [6, 6.07) is 8.85. The highest BCUT2D eigenvalue weighted by Crippen LogP contribution is 2.41. The Kier molecular flexibility index (Phi) is 4.58. The third kappa shape index (κ3) is 3.58. The molecule has 2 unspecified atom stereocenters. The van der Waals surface area contributed by atoms with Crippen molar-refractivity contribution in [2.75, 3.05) is 0 Å². The van der Waals surface area contributed by atoms with E-state index in [1.54, 1.807) is 5.57 Å². The molecular weight excluding hydrogens is 327 g/mol. The van der Waals surface area contributed by atoms with Crippen LogP contribution in [0.15, 0.2) is 35.9 Å². The summed E-state index contributed by atoms with van der Waals surface area (Å²) in [5, 5.41) is 1.63. The van der Waals surface area contributed by atoms with E-state index in [1.165, 1.54) is 31.2 Å². The molecule has 0 aromatic heterocycles. The number of benzene rings is 1. The van der Waals surface area contributed by atoms with Gasteiger partial charge in [0.05, 0.1) is 11.2 Å². The normalized spacial score (nSPS) is 30.2. The highest BCUT2D eigenvalue weighted by Gasteiger charge is 2.51. The van der Waals surface area contributed by atoms with Gasteiger partial charge in [0.1, 0.15) is 0 Å². The Balaban J connectivity index is 1.44. The van der Waals surface area contributed by atoms with Crippen molar-refractivity contribution < 1.29 is 9.31 Å². The summed E-state index contributed by atoms with van der Waals surface area (Å²) in [4.78, 5) is 0. The lowest BCUT2D eigenvalue weighted by molar-refractivity contribution is 0.00578. The van der Waals surface area contributed by atoms with Crippen LogP contribution in [0.5, 0.6) is 0 Å². The van der Waals surface area contributed by atoms with Crippen LogP contribution < -0.4 is 5.46 Å². The second-order valence-corrected chi connectivity index (χ2v) is 10.3. The van der Waals surface area contributed by atoms with Gasteiger partial charge in [0, 0.05) is 10.5 Å². The van der Waals surface area contributed by atoms with Crippen LogP contribution in [-0.2, 0) is 15.7 Å². The first-order chi connectivity index (χ1) is 11.8. The maximum atomic E-state index is 6.15. The molecule has 3 heterocycles. The summed E-state index contributed by atoms with van der Waals surface area (Å²) in [5.41, 5.74) is 3.60. The van der Waals surface area contributed by atoms with Crippen LogP contribution >= 0.6 is 11.8 Å².